The van der Waals surface area contributed by atoms with E-state index in [0.29, 0.717) is 17.1 Å². The average Bonchev–Trinajstić information content (AvgIpc) is 2.63. The Morgan fingerprint density at radius 2 is 1.88 bits per heavy atom. The summed E-state index contributed by atoms with van der Waals surface area (Å²) in [5, 5.41) is 17.5. The summed E-state index contributed by atoms with van der Waals surface area (Å²) in [6.45, 7) is 0. The van der Waals surface area contributed by atoms with Crippen molar-refractivity contribution in [3.63, 3.8) is 0 Å². The van der Waals surface area contributed by atoms with Crippen molar-refractivity contribution in [3.8, 4) is 5.75 Å². The first-order chi connectivity index (χ1) is 12.6. The van der Waals surface area contributed by atoms with Crippen LogP contribution in [0.3, 0.4) is 0 Å². The highest BCUT2D eigenvalue weighted by Crippen LogP contribution is 2.34. The summed E-state index contributed by atoms with van der Waals surface area (Å²) >= 11 is 5.99. The number of methoxy groups -OCH3 is 1. The highest BCUT2D eigenvalue weighted by atomic mass is 35.5. The first kappa shape index (κ1) is 17.4. The van der Waals surface area contributed by atoms with E-state index >= 15 is 0 Å². The zero-order chi connectivity index (χ0) is 18.5. The average molecular weight is 373 g/mol. The number of hydrogen-bond acceptors (Lipinski definition) is 8. The van der Waals surface area contributed by atoms with Gasteiger partial charge in [0.1, 0.15) is 12.1 Å². The molecule has 0 aliphatic heterocycles. The van der Waals surface area contributed by atoms with E-state index in [1.165, 1.54) is 19.6 Å². The molecule has 132 valence electrons. The fraction of sp³-hybridized carbons (Fsp3) is 0.0625. The lowest BCUT2D eigenvalue weighted by molar-refractivity contribution is -0.383. The van der Waals surface area contributed by atoms with E-state index in [4.69, 9.17) is 16.3 Å². The van der Waals surface area contributed by atoms with Crippen molar-refractivity contribution >= 4 is 40.3 Å². The molecule has 0 aliphatic carbocycles. The number of ether oxygens (including phenoxy) is 1. The molecule has 3 rings (SSSR count). The Bertz CT molecular complexity index is 953. The summed E-state index contributed by atoms with van der Waals surface area (Å²) in [6.07, 6.45) is 2.72. The van der Waals surface area contributed by atoms with Gasteiger partial charge in [0.2, 0.25) is 11.6 Å². The molecule has 0 saturated carbocycles. The van der Waals surface area contributed by atoms with Gasteiger partial charge in [-0.15, -0.1) is 0 Å². The number of aromatic nitrogens is 3. The van der Waals surface area contributed by atoms with E-state index in [9.17, 15) is 10.1 Å². The largest absolute Gasteiger partial charge is 0.497 e. The van der Waals surface area contributed by atoms with Crippen LogP contribution < -0.4 is 15.4 Å². The quantitative estimate of drug-likeness (QED) is 0.380. The normalized spacial score (nSPS) is 10.2. The highest BCUT2D eigenvalue weighted by Gasteiger charge is 2.24. The lowest BCUT2D eigenvalue weighted by Crippen LogP contribution is -2.06. The SMILES string of the molecule is COc1cccc(Nc2ncnc(Nc3cccnc3Cl)c2[N+](=O)[O-])c1. The maximum atomic E-state index is 11.6. The van der Waals surface area contributed by atoms with Crippen molar-refractivity contribution in [2.75, 3.05) is 17.7 Å². The van der Waals surface area contributed by atoms with Gasteiger partial charge in [-0.05, 0) is 24.3 Å². The molecule has 0 unspecified atom stereocenters. The molecular weight excluding hydrogens is 360 g/mol. The maximum absolute atomic E-state index is 11.6. The van der Waals surface area contributed by atoms with Crippen LogP contribution in [0.2, 0.25) is 5.15 Å². The molecule has 2 N–H and O–H groups in total. The molecule has 1 aromatic carbocycles. The van der Waals surface area contributed by atoms with E-state index < -0.39 is 4.92 Å². The van der Waals surface area contributed by atoms with Gasteiger partial charge in [0.05, 0.1) is 17.7 Å². The molecule has 26 heavy (non-hydrogen) atoms. The van der Waals surface area contributed by atoms with Gasteiger partial charge in [-0.2, -0.15) is 0 Å². The number of nitrogens with zero attached hydrogens (tertiary/aromatic N) is 4. The number of halogens is 1. The molecule has 0 atom stereocenters. The van der Waals surface area contributed by atoms with Crippen molar-refractivity contribution in [2.24, 2.45) is 0 Å². The summed E-state index contributed by atoms with van der Waals surface area (Å²) in [4.78, 5) is 22.9. The van der Waals surface area contributed by atoms with E-state index in [-0.39, 0.29) is 22.5 Å². The van der Waals surface area contributed by atoms with Crippen molar-refractivity contribution < 1.29 is 9.66 Å². The molecule has 0 saturated heterocycles. The van der Waals surface area contributed by atoms with Gasteiger partial charge in [-0.25, -0.2) is 15.0 Å². The standard InChI is InChI=1S/C16H13ClN6O3/c1-26-11-5-2-4-10(8-11)21-15-13(23(24)25)16(20-9-19-15)22-12-6-3-7-18-14(12)17/h2-9H,1H3,(H2,19,20,21,22). The van der Waals surface area contributed by atoms with Crippen molar-refractivity contribution in [2.45, 2.75) is 0 Å². The first-order valence-corrected chi connectivity index (χ1v) is 7.74. The van der Waals surface area contributed by atoms with Crippen molar-refractivity contribution in [1.29, 1.82) is 0 Å². The lowest BCUT2D eigenvalue weighted by Gasteiger charge is -2.11. The lowest BCUT2D eigenvalue weighted by atomic mass is 10.3. The van der Waals surface area contributed by atoms with Crippen LogP contribution in [0, 0.1) is 10.1 Å². The minimum atomic E-state index is -0.574. The number of nitrogens with one attached hydrogen (secondary N) is 2. The van der Waals surface area contributed by atoms with Crippen LogP contribution >= 0.6 is 11.6 Å². The molecule has 0 spiro atoms. The fourth-order valence-corrected chi connectivity index (χ4v) is 2.35. The second-order valence-corrected chi connectivity index (χ2v) is 5.36. The third-order valence-electron chi connectivity index (χ3n) is 3.35. The van der Waals surface area contributed by atoms with Gasteiger partial charge in [0.25, 0.3) is 0 Å². The number of hydrogen-bond donors (Lipinski definition) is 2. The van der Waals surface area contributed by atoms with Gasteiger partial charge in [-0.1, -0.05) is 17.7 Å². The number of nitro groups is 1. The van der Waals surface area contributed by atoms with Crippen molar-refractivity contribution in [3.05, 3.63) is 64.2 Å². The molecule has 2 aromatic heterocycles. The summed E-state index contributed by atoms with van der Waals surface area (Å²) < 4.78 is 5.15. The third-order valence-corrected chi connectivity index (χ3v) is 3.65. The second kappa shape index (κ2) is 7.62. The molecule has 0 amide bonds. The Morgan fingerprint density at radius 3 is 2.58 bits per heavy atom. The van der Waals surface area contributed by atoms with Crippen LogP contribution in [-0.4, -0.2) is 27.0 Å². The third kappa shape index (κ3) is 3.78. The topological polar surface area (TPSA) is 115 Å². The summed E-state index contributed by atoms with van der Waals surface area (Å²) in [5.41, 5.74) is 0.648. The van der Waals surface area contributed by atoms with Crippen LogP contribution in [0.1, 0.15) is 0 Å². The van der Waals surface area contributed by atoms with E-state index in [1.807, 2.05) is 0 Å². The van der Waals surface area contributed by atoms with Crippen LogP contribution in [-0.2, 0) is 0 Å². The summed E-state index contributed by atoms with van der Waals surface area (Å²) in [7, 11) is 1.53. The fourth-order valence-electron chi connectivity index (χ4n) is 2.18. The van der Waals surface area contributed by atoms with E-state index in [2.05, 4.69) is 25.6 Å². The van der Waals surface area contributed by atoms with Crippen LogP contribution in [0.4, 0.5) is 28.7 Å². The van der Waals surface area contributed by atoms with E-state index in [0.717, 1.165) is 0 Å². The molecule has 2 heterocycles. The molecular formula is C16H13ClN6O3. The number of pyridine rings is 1. The summed E-state index contributed by atoms with van der Waals surface area (Å²) in [6, 6.07) is 10.2. The van der Waals surface area contributed by atoms with E-state index in [1.54, 1.807) is 36.4 Å². The zero-order valence-corrected chi connectivity index (χ0v) is 14.3. The van der Waals surface area contributed by atoms with Crippen LogP contribution in [0.15, 0.2) is 48.9 Å². The van der Waals surface area contributed by atoms with Gasteiger partial charge in [-0.3, -0.25) is 10.1 Å². The van der Waals surface area contributed by atoms with Gasteiger partial charge in [0, 0.05) is 18.0 Å². The molecule has 0 radical (unpaired) electrons. The van der Waals surface area contributed by atoms with Gasteiger partial charge >= 0.3 is 5.69 Å². The second-order valence-electron chi connectivity index (χ2n) is 5.00. The number of rotatable bonds is 6. The predicted molar refractivity (Wildman–Crippen MR) is 97.5 cm³/mol. The first-order valence-electron chi connectivity index (χ1n) is 7.36. The Labute approximate surface area is 153 Å². The predicted octanol–water partition coefficient (Wildman–Crippen LogP) is 3.93. The zero-order valence-electron chi connectivity index (χ0n) is 13.5. The Hall–Kier alpha value is -3.46. The molecule has 0 bridgehead atoms. The number of benzene rings is 1. The molecule has 9 nitrogen and oxygen atoms in total. The van der Waals surface area contributed by atoms with Crippen LogP contribution in [0.5, 0.6) is 5.75 Å². The molecule has 10 heteroatoms. The Kier molecular flexibility index (Phi) is 5.09. The molecule has 0 aliphatic rings. The number of anilines is 4. The van der Waals surface area contributed by atoms with Crippen LogP contribution in [0.25, 0.3) is 0 Å². The highest BCUT2D eigenvalue weighted by molar-refractivity contribution is 6.32. The minimum absolute atomic E-state index is 0.00899. The smallest absolute Gasteiger partial charge is 0.353 e. The summed E-state index contributed by atoms with van der Waals surface area (Å²) in [5.74, 6) is 0.623. The molecule has 3 aromatic rings. The van der Waals surface area contributed by atoms with Gasteiger partial charge in [0.15, 0.2) is 5.15 Å². The van der Waals surface area contributed by atoms with Gasteiger partial charge < -0.3 is 15.4 Å². The minimum Gasteiger partial charge on any atom is -0.497 e. The monoisotopic (exact) mass is 372 g/mol. The Balaban J connectivity index is 1.98. The van der Waals surface area contributed by atoms with Crippen molar-refractivity contribution in [1.82, 2.24) is 15.0 Å². The molecule has 0 fully saturated rings. The Morgan fingerprint density at radius 1 is 1.12 bits per heavy atom. The maximum Gasteiger partial charge on any atom is 0.353 e.